The average molecular weight is 384 g/mol. The second-order valence-corrected chi connectivity index (χ2v) is 8.96. The van der Waals surface area contributed by atoms with Crippen LogP contribution in [0.25, 0.3) is 10.2 Å². The van der Waals surface area contributed by atoms with Crippen LogP contribution in [0.5, 0.6) is 0 Å². The number of aryl methyl sites for hydroxylation is 2. The van der Waals surface area contributed by atoms with Crippen molar-refractivity contribution in [2.24, 2.45) is 5.92 Å². The molecule has 0 saturated heterocycles. The number of fused-ring (bicyclic) bond motifs is 3. The summed E-state index contributed by atoms with van der Waals surface area (Å²) in [6.45, 7) is 4.34. The molecule has 4 nitrogen and oxygen atoms in total. The maximum atomic E-state index is 12.3. The first kappa shape index (κ1) is 17.5. The van der Waals surface area contributed by atoms with Gasteiger partial charge in [-0.15, -0.1) is 11.3 Å². The molecule has 1 N–H and O–H groups in total. The highest BCUT2D eigenvalue weighted by Gasteiger charge is 2.23. The van der Waals surface area contributed by atoms with Crippen molar-refractivity contribution in [3.63, 3.8) is 0 Å². The van der Waals surface area contributed by atoms with Gasteiger partial charge in [-0.1, -0.05) is 36.4 Å². The molecule has 2 heterocycles. The van der Waals surface area contributed by atoms with E-state index < -0.39 is 0 Å². The predicted octanol–water partition coefficient (Wildman–Crippen LogP) is 4.86. The molecule has 4 rings (SSSR count). The summed E-state index contributed by atoms with van der Waals surface area (Å²) >= 11 is 3.29. The molecule has 0 spiro atoms. The Morgan fingerprint density at radius 3 is 2.92 bits per heavy atom. The van der Waals surface area contributed by atoms with Crippen LogP contribution in [-0.2, 0) is 17.6 Å². The number of anilines is 1. The summed E-state index contributed by atoms with van der Waals surface area (Å²) in [6.07, 6.45) is 5.06. The number of thiophene rings is 1. The van der Waals surface area contributed by atoms with E-state index in [9.17, 15) is 4.79 Å². The Labute approximate surface area is 161 Å². The first-order valence-electron chi connectivity index (χ1n) is 8.84. The Morgan fingerprint density at radius 2 is 2.12 bits per heavy atom. The standard InChI is InChI=1S/C20H21N3OS2/c1-12-3-6-14(7-4-12)23-17(24)10-25-19-18-15-8-5-13(2)9-16(15)26-20(18)22-11-21-19/h3-4,6-7,11,13H,5,8-10H2,1-2H3,(H,23,24)/t13-/m1/s1. The van der Waals surface area contributed by atoms with Crippen molar-refractivity contribution in [3.05, 3.63) is 46.6 Å². The Bertz CT molecular complexity index is 950. The zero-order valence-corrected chi connectivity index (χ0v) is 16.5. The lowest BCUT2D eigenvalue weighted by Gasteiger charge is -2.18. The van der Waals surface area contributed by atoms with E-state index in [1.807, 2.05) is 31.2 Å². The topological polar surface area (TPSA) is 54.9 Å². The van der Waals surface area contributed by atoms with Gasteiger partial charge in [0.15, 0.2) is 0 Å². The number of carbonyl (C=O) groups excluding carboxylic acids is 1. The second-order valence-electron chi connectivity index (χ2n) is 6.91. The van der Waals surface area contributed by atoms with Crippen molar-refractivity contribution in [3.8, 4) is 0 Å². The highest BCUT2D eigenvalue weighted by molar-refractivity contribution is 8.00. The Balaban J connectivity index is 1.50. The number of thioether (sulfide) groups is 1. The Hall–Kier alpha value is -1.92. The van der Waals surface area contributed by atoms with Gasteiger partial charge in [0.05, 0.1) is 5.75 Å². The molecular weight excluding hydrogens is 362 g/mol. The summed E-state index contributed by atoms with van der Waals surface area (Å²) in [7, 11) is 0. The van der Waals surface area contributed by atoms with Gasteiger partial charge < -0.3 is 5.32 Å². The molecule has 0 radical (unpaired) electrons. The molecule has 0 fully saturated rings. The normalized spacial score (nSPS) is 16.5. The van der Waals surface area contributed by atoms with E-state index in [0.717, 1.165) is 34.3 Å². The molecule has 0 aliphatic heterocycles. The number of hydrogen-bond acceptors (Lipinski definition) is 5. The highest BCUT2D eigenvalue weighted by Crippen LogP contribution is 2.40. The lowest BCUT2D eigenvalue weighted by Crippen LogP contribution is -2.14. The molecule has 0 unspecified atom stereocenters. The molecule has 1 amide bonds. The first-order valence-corrected chi connectivity index (χ1v) is 10.6. The molecule has 26 heavy (non-hydrogen) atoms. The third kappa shape index (κ3) is 3.62. The van der Waals surface area contributed by atoms with Crippen LogP contribution in [0.15, 0.2) is 35.6 Å². The Morgan fingerprint density at radius 1 is 1.31 bits per heavy atom. The maximum absolute atomic E-state index is 12.3. The number of nitrogens with zero attached hydrogens (tertiary/aromatic N) is 2. The van der Waals surface area contributed by atoms with Gasteiger partial charge in [-0.2, -0.15) is 0 Å². The molecule has 1 aliphatic rings. The fraction of sp³-hybridized carbons (Fsp3) is 0.350. The minimum Gasteiger partial charge on any atom is -0.325 e. The summed E-state index contributed by atoms with van der Waals surface area (Å²) in [5.74, 6) is 1.07. The van der Waals surface area contributed by atoms with Crippen LogP contribution < -0.4 is 5.32 Å². The summed E-state index contributed by atoms with van der Waals surface area (Å²) in [4.78, 5) is 23.8. The number of nitrogens with one attached hydrogen (secondary N) is 1. The van der Waals surface area contributed by atoms with E-state index in [-0.39, 0.29) is 5.91 Å². The SMILES string of the molecule is Cc1ccc(NC(=O)CSc2ncnc3sc4c(c23)CC[C@@H](C)C4)cc1. The molecule has 0 bridgehead atoms. The van der Waals surface area contributed by atoms with Crippen molar-refractivity contribution in [2.75, 3.05) is 11.1 Å². The fourth-order valence-electron chi connectivity index (χ4n) is 3.32. The first-order chi connectivity index (χ1) is 12.6. The van der Waals surface area contributed by atoms with E-state index in [2.05, 4.69) is 22.2 Å². The van der Waals surface area contributed by atoms with Gasteiger partial charge in [-0.05, 0) is 49.8 Å². The summed E-state index contributed by atoms with van der Waals surface area (Å²) < 4.78 is 0. The number of rotatable bonds is 4. The largest absolute Gasteiger partial charge is 0.325 e. The van der Waals surface area contributed by atoms with Crippen LogP contribution in [0.4, 0.5) is 5.69 Å². The van der Waals surface area contributed by atoms with Crippen molar-refractivity contribution in [1.29, 1.82) is 0 Å². The summed E-state index contributed by atoms with van der Waals surface area (Å²) in [6, 6.07) is 7.85. The lowest BCUT2D eigenvalue weighted by atomic mass is 9.89. The monoisotopic (exact) mass is 383 g/mol. The summed E-state index contributed by atoms with van der Waals surface area (Å²) in [5, 5.41) is 5.05. The molecule has 3 aromatic rings. The summed E-state index contributed by atoms with van der Waals surface area (Å²) in [5.41, 5.74) is 3.42. The van der Waals surface area contributed by atoms with Crippen LogP contribution in [0, 0.1) is 12.8 Å². The van der Waals surface area contributed by atoms with Crippen LogP contribution >= 0.6 is 23.1 Å². The van der Waals surface area contributed by atoms with Crippen molar-refractivity contribution < 1.29 is 4.79 Å². The highest BCUT2D eigenvalue weighted by atomic mass is 32.2. The number of amides is 1. The molecule has 134 valence electrons. The van der Waals surface area contributed by atoms with E-state index >= 15 is 0 Å². The number of hydrogen-bond donors (Lipinski definition) is 1. The molecular formula is C20H21N3OS2. The average Bonchev–Trinajstić information content (AvgIpc) is 3.00. The van der Waals surface area contributed by atoms with Crippen molar-refractivity contribution in [2.45, 2.75) is 38.1 Å². The molecule has 1 atom stereocenters. The Kier molecular flexibility index (Phi) is 4.96. The van der Waals surface area contributed by atoms with Crippen molar-refractivity contribution >= 4 is 44.9 Å². The van der Waals surface area contributed by atoms with Gasteiger partial charge >= 0.3 is 0 Å². The maximum Gasteiger partial charge on any atom is 0.234 e. The number of aromatic nitrogens is 2. The van der Waals surface area contributed by atoms with Crippen LogP contribution in [0.2, 0.25) is 0 Å². The van der Waals surface area contributed by atoms with Gasteiger partial charge in [0.1, 0.15) is 16.2 Å². The van der Waals surface area contributed by atoms with Crippen LogP contribution in [0.1, 0.15) is 29.3 Å². The predicted molar refractivity (Wildman–Crippen MR) is 109 cm³/mol. The number of benzene rings is 1. The van der Waals surface area contributed by atoms with Gasteiger partial charge in [0, 0.05) is 16.0 Å². The molecule has 6 heteroatoms. The molecule has 0 saturated carbocycles. The quantitative estimate of drug-likeness (QED) is 0.517. The lowest BCUT2D eigenvalue weighted by molar-refractivity contribution is -0.113. The van der Waals surface area contributed by atoms with E-state index in [4.69, 9.17) is 0 Å². The minimum atomic E-state index is -0.0108. The van der Waals surface area contributed by atoms with Crippen molar-refractivity contribution in [1.82, 2.24) is 9.97 Å². The smallest absolute Gasteiger partial charge is 0.234 e. The molecule has 2 aromatic heterocycles. The van der Waals surface area contributed by atoms with E-state index in [1.165, 1.54) is 39.6 Å². The fourth-order valence-corrected chi connectivity index (χ4v) is 5.56. The molecule has 1 aliphatic carbocycles. The van der Waals surface area contributed by atoms with Gasteiger partial charge in [0.2, 0.25) is 5.91 Å². The number of carbonyl (C=O) groups is 1. The van der Waals surface area contributed by atoms with Crippen LogP contribution in [-0.4, -0.2) is 21.6 Å². The van der Waals surface area contributed by atoms with E-state index in [0.29, 0.717) is 5.75 Å². The third-order valence-electron chi connectivity index (χ3n) is 4.73. The van der Waals surface area contributed by atoms with Gasteiger partial charge in [-0.3, -0.25) is 4.79 Å². The van der Waals surface area contributed by atoms with Gasteiger partial charge in [-0.25, -0.2) is 9.97 Å². The zero-order chi connectivity index (χ0) is 18.1. The minimum absolute atomic E-state index is 0.0108. The van der Waals surface area contributed by atoms with Crippen LogP contribution in [0.3, 0.4) is 0 Å². The van der Waals surface area contributed by atoms with Gasteiger partial charge in [0.25, 0.3) is 0 Å². The third-order valence-corrected chi connectivity index (χ3v) is 6.88. The zero-order valence-electron chi connectivity index (χ0n) is 14.9. The second kappa shape index (κ2) is 7.37. The molecule has 1 aromatic carbocycles. The van der Waals surface area contributed by atoms with E-state index in [1.54, 1.807) is 17.7 Å².